The molecule has 0 saturated heterocycles. The highest BCUT2D eigenvalue weighted by Gasteiger charge is 2.53. The molecule has 3 N–H and O–H groups in total. The SMILES string of the molecule is O=C(NCc1cc(F)ccc1F)C1=NCc2ncnc(N[C@H]3C[C@@H]4C[C@@H]4[C@@H]3O)c21. The van der Waals surface area contributed by atoms with Gasteiger partial charge in [-0.25, -0.2) is 18.7 Å². The Kier molecular flexibility index (Phi) is 4.27. The average molecular weight is 399 g/mol. The van der Waals surface area contributed by atoms with Crippen molar-refractivity contribution < 1.29 is 18.7 Å². The minimum atomic E-state index is -0.597. The van der Waals surface area contributed by atoms with E-state index in [0.29, 0.717) is 28.9 Å². The fourth-order valence-electron chi connectivity index (χ4n) is 4.30. The molecule has 2 fully saturated rings. The molecule has 5 rings (SSSR count). The number of carbonyl (C=O) groups is 1. The number of nitrogens with zero attached hydrogens (tertiary/aromatic N) is 3. The second kappa shape index (κ2) is 6.84. The Bertz CT molecular complexity index is 1030. The van der Waals surface area contributed by atoms with Gasteiger partial charge in [0.2, 0.25) is 0 Å². The van der Waals surface area contributed by atoms with Gasteiger partial charge < -0.3 is 15.7 Å². The zero-order valence-corrected chi connectivity index (χ0v) is 15.4. The normalized spacial score (nSPS) is 26.5. The summed E-state index contributed by atoms with van der Waals surface area (Å²) in [5.41, 5.74) is 1.31. The molecule has 2 heterocycles. The molecule has 150 valence electrons. The quantitative estimate of drug-likeness (QED) is 0.709. The first-order valence-corrected chi connectivity index (χ1v) is 9.56. The van der Waals surface area contributed by atoms with E-state index in [1.54, 1.807) is 0 Å². The van der Waals surface area contributed by atoms with Gasteiger partial charge >= 0.3 is 0 Å². The summed E-state index contributed by atoms with van der Waals surface area (Å²) in [7, 11) is 0. The highest BCUT2D eigenvalue weighted by molar-refractivity contribution is 6.47. The molecule has 9 heteroatoms. The molecule has 0 unspecified atom stereocenters. The van der Waals surface area contributed by atoms with Crippen molar-refractivity contribution in [3.8, 4) is 0 Å². The van der Waals surface area contributed by atoms with Crippen molar-refractivity contribution in [1.29, 1.82) is 0 Å². The predicted octanol–water partition coefficient (Wildman–Crippen LogP) is 1.56. The number of nitrogens with one attached hydrogen (secondary N) is 2. The van der Waals surface area contributed by atoms with Crippen LogP contribution in [0.3, 0.4) is 0 Å². The molecule has 29 heavy (non-hydrogen) atoms. The Labute approximate surface area is 165 Å². The zero-order chi connectivity index (χ0) is 20.1. The molecule has 0 radical (unpaired) electrons. The lowest BCUT2D eigenvalue weighted by atomic mass is 10.1. The van der Waals surface area contributed by atoms with Crippen molar-refractivity contribution >= 4 is 17.4 Å². The molecule has 0 bridgehead atoms. The lowest BCUT2D eigenvalue weighted by Crippen LogP contribution is -2.34. The summed E-state index contributed by atoms with van der Waals surface area (Å²) in [6.07, 6.45) is 2.90. The fraction of sp³-hybridized carbons (Fsp3) is 0.400. The number of anilines is 1. The average Bonchev–Trinajstić information content (AvgIpc) is 3.22. The second-order valence-electron chi connectivity index (χ2n) is 7.76. The number of benzene rings is 1. The minimum absolute atomic E-state index is 0.0492. The molecule has 3 aliphatic rings. The van der Waals surface area contributed by atoms with Gasteiger partial charge in [-0.1, -0.05) is 0 Å². The van der Waals surface area contributed by atoms with Crippen LogP contribution in [0, 0.1) is 23.5 Å². The van der Waals surface area contributed by atoms with Crippen molar-refractivity contribution in [1.82, 2.24) is 15.3 Å². The maximum absolute atomic E-state index is 13.8. The van der Waals surface area contributed by atoms with Crippen molar-refractivity contribution in [3.63, 3.8) is 0 Å². The first-order valence-electron chi connectivity index (χ1n) is 9.56. The van der Waals surface area contributed by atoms with Gasteiger partial charge in [0.05, 0.1) is 29.9 Å². The van der Waals surface area contributed by atoms with E-state index >= 15 is 0 Å². The monoisotopic (exact) mass is 399 g/mol. The summed E-state index contributed by atoms with van der Waals surface area (Å²) in [5, 5.41) is 16.2. The van der Waals surface area contributed by atoms with E-state index in [-0.39, 0.29) is 30.4 Å². The Morgan fingerprint density at radius 1 is 1.24 bits per heavy atom. The van der Waals surface area contributed by atoms with E-state index in [9.17, 15) is 18.7 Å². The van der Waals surface area contributed by atoms with Crippen LogP contribution in [0.2, 0.25) is 0 Å². The third-order valence-corrected chi connectivity index (χ3v) is 5.92. The molecular weight excluding hydrogens is 380 g/mol. The molecule has 1 amide bonds. The van der Waals surface area contributed by atoms with Gasteiger partial charge in [0.1, 0.15) is 29.5 Å². The van der Waals surface area contributed by atoms with Crippen LogP contribution in [0.25, 0.3) is 0 Å². The van der Waals surface area contributed by atoms with E-state index < -0.39 is 23.6 Å². The van der Waals surface area contributed by atoms with Crippen LogP contribution in [-0.2, 0) is 17.9 Å². The number of hydrogen-bond acceptors (Lipinski definition) is 6. The van der Waals surface area contributed by atoms with Crippen LogP contribution in [-0.4, -0.2) is 38.8 Å². The topological polar surface area (TPSA) is 99.5 Å². The molecule has 7 nitrogen and oxygen atoms in total. The summed E-state index contributed by atoms with van der Waals surface area (Å²) in [5.74, 6) is -0.328. The fourth-order valence-corrected chi connectivity index (χ4v) is 4.30. The summed E-state index contributed by atoms with van der Waals surface area (Å²) in [6.45, 7) is 0.0695. The van der Waals surface area contributed by atoms with Crippen molar-refractivity contribution in [2.45, 2.75) is 38.1 Å². The van der Waals surface area contributed by atoms with Gasteiger partial charge in [-0.2, -0.15) is 0 Å². The van der Waals surface area contributed by atoms with Crippen LogP contribution in [0.15, 0.2) is 29.5 Å². The number of aliphatic hydroxyl groups is 1. The molecule has 1 aromatic carbocycles. The van der Waals surface area contributed by atoms with E-state index in [1.807, 2.05) is 0 Å². The second-order valence-corrected chi connectivity index (χ2v) is 7.76. The lowest BCUT2D eigenvalue weighted by molar-refractivity contribution is -0.114. The smallest absolute Gasteiger partial charge is 0.270 e. The van der Waals surface area contributed by atoms with E-state index in [1.165, 1.54) is 6.33 Å². The maximum Gasteiger partial charge on any atom is 0.270 e. The molecule has 1 aliphatic heterocycles. The molecule has 0 spiro atoms. The summed E-state index contributed by atoms with van der Waals surface area (Å²) in [6, 6.07) is 2.97. The van der Waals surface area contributed by atoms with Gasteiger partial charge in [0.25, 0.3) is 5.91 Å². The molecule has 2 aromatic rings. The third-order valence-electron chi connectivity index (χ3n) is 5.92. The largest absolute Gasteiger partial charge is 0.391 e. The van der Waals surface area contributed by atoms with Gasteiger partial charge in [-0.15, -0.1) is 0 Å². The number of halogens is 2. The Balaban J connectivity index is 1.33. The lowest BCUT2D eigenvalue weighted by Gasteiger charge is -2.21. The Hall–Kier alpha value is -2.94. The van der Waals surface area contributed by atoms with Crippen molar-refractivity contribution in [3.05, 3.63) is 53.0 Å². The molecule has 4 atom stereocenters. The van der Waals surface area contributed by atoms with Gasteiger partial charge in [0, 0.05) is 12.1 Å². The number of aliphatic hydroxyl groups excluding tert-OH is 1. The Morgan fingerprint density at radius 3 is 2.90 bits per heavy atom. The first kappa shape index (κ1) is 18.1. The molecule has 2 saturated carbocycles. The summed E-state index contributed by atoms with van der Waals surface area (Å²) < 4.78 is 27.1. The van der Waals surface area contributed by atoms with Crippen LogP contribution in [0.5, 0.6) is 0 Å². The molecular formula is C20H19F2N5O2. The van der Waals surface area contributed by atoms with Crippen molar-refractivity contribution in [2.24, 2.45) is 16.8 Å². The minimum Gasteiger partial charge on any atom is -0.391 e. The van der Waals surface area contributed by atoms with E-state index in [0.717, 1.165) is 31.0 Å². The number of aromatic nitrogens is 2. The number of rotatable bonds is 5. The highest BCUT2D eigenvalue weighted by atomic mass is 19.1. The Morgan fingerprint density at radius 2 is 2.10 bits per heavy atom. The number of aliphatic imine (C=N–C) groups is 1. The summed E-state index contributed by atoms with van der Waals surface area (Å²) >= 11 is 0. The molecule has 1 aromatic heterocycles. The number of fused-ring (bicyclic) bond motifs is 2. The van der Waals surface area contributed by atoms with Gasteiger partial charge in [0.15, 0.2) is 0 Å². The van der Waals surface area contributed by atoms with Gasteiger partial charge in [-0.3, -0.25) is 9.79 Å². The standard InChI is InChI=1S/C20H19F2N5O2/c21-11-1-2-13(22)10(3-11)6-24-20(29)17-16-15(7-23-17)25-8-26-19(16)27-14-5-9-4-12(9)18(14)28/h1-3,8-9,12,14,18,28H,4-7H2,(H,24,29)(H,25,26,27)/t9-,12-,14-,18-/m0/s1. The van der Waals surface area contributed by atoms with E-state index in [4.69, 9.17) is 0 Å². The third kappa shape index (κ3) is 3.25. The van der Waals surface area contributed by atoms with Gasteiger partial charge in [-0.05, 0) is 42.9 Å². The van der Waals surface area contributed by atoms with Crippen LogP contribution >= 0.6 is 0 Å². The van der Waals surface area contributed by atoms with Crippen molar-refractivity contribution in [2.75, 3.05) is 5.32 Å². The zero-order valence-electron chi connectivity index (χ0n) is 15.4. The molecule has 2 aliphatic carbocycles. The summed E-state index contributed by atoms with van der Waals surface area (Å²) in [4.78, 5) is 25.4. The maximum atomic E-state index is 13.8. The highest BCUT2D eigenvalue weighted by Crippen LogP contribution is 2.52. The number of amides is 1. The number of carbonyl (C=O) groups excluding carboxylic acids is 1. The van der Waals surface area contributed by atoms with Crippen LogP contribution in [0.4, 0.5) is 14.6 Å². The number of hydrogen-bond donors (Lipinski definition) is 3. The van der Waals surface area contributed by atoms with Crippen LogP contribution < -0.4 is 10.6 Å². The van der Waals surface area contributed by atoms with E-state index in [2.05, 4.69) is 25.6 Å². The predicted molar refractivity (Wildman–Crippen MR) is 100 cm³/mol. The van der Waals surface area contributed by atoms with Crippen LogP contribution in [0.1, 0.15) is 29.7 Å². The first-order chi connectivity index (χ1) is 14.0.